The van der Waals surface area contributed by atoms with E-state index in [0.717, 1.165) is 18.5 Å². The highest BCUT2D eigenvalue weighted by Crippen LogP contribution is 2.27. The van der Waals surface area contributed by atoms with Gasteiger partial charge in [0.1, 0.15) is 0 Å². The first-order chi connectivity index (χ1) is 13.0. The molecule has 6 heteroatoms. The Morgan fingerprint density at radius 3 is 2.44 bits per heavy atom. The maximum Gasteiger partial charge on any atom is 0.251 e. The molecule has 0 aliphatic heterocycles. The number of anilines is 1. The van der Waals surface area contributed by atoms with Crippen molar-refractivity contribution in [3.05, 3.63) is 29.8 Å². The molecule has 1 aromatic rings. The van der Waals surface area contributed by atoms with Gasteiger partial charge in [-0.25, -0.2) is 0 Å². The van der Waals surface area contributed by atoms with Gasteiger partial charge in [-0.2, -0.15) is 0 Å². The van der Waals surface area contributed by atoms with Crippen LogP contribution >= 0.6 is 12.2 Å². The number of hydrogen-bond donors (Lipinski definition) is 3. The van der Waals surface area contributed by atoms with E-state index in [1.165, 1.54) is 32.1 Å². The van der Waals surface area contributed by atoms with Gasteiger partial charge in [-0.05, 0) is 62.2 Å². The summed E-state index contributed by atoms with van der Waals surface area (Å²) in [7, 11) is 0. The highest BCUT2D eigenvalue weighted by molar-refractivity contribution is 7.80. The van der Waals surface area contributed by atoms with Crippen LogP contribution in [-0.4, -0.2) is 23.0 Å². The standard InChI is InChI=1S/C21H31N3O2S/c1-3-15(2)22-20(26)17-10-12-18(13-11-17)23-21(27)24-19(25)14-9-16-7-5-4-6-8-16/h10-13,15-16H,3-9,14H2,1-2H3,(H,22,26)(H2,23,24,25,27). The zero-order valence-electron chi connectivity index (χ0n) is 16.3. The second-order valence-corrected chi connectivity index (χ2v) is 7.81. The Kier molecular flexibility index (Phi) is 8.72. The Labute approximate surface area is 167 Å². The number of thiocarbonyl (C=S) groups is 1. The molecule has 0 aromatic heterocycles. The van der Waals surface area contributed by atoms with Gasteiger partial charge in [0.05, 0.1) is 0 Å². The Morgan fingerprint density at radius 2 is 1.81 bits per heavy atom. The predicted molar refractivity (Wildman–Crippen MR) is 114 cm³/mol. The van der Waals surface area contributed by atoms with E-state index in [9.17, 15) is 9.59 Å². The molecule has 1 fully saturated rings. The minimum absolute atomic E-state index is 0.0392. The van der Waals surface area contributed by atoms with Crippen molar-refractivity contribution in [3.8, 4) is 0 Å². The van der Waals surface area contributed by atoms with Crippen LogP contribution in [0.2, 0.25) is 0 Å². The SMILES string of the molecule is CCC(C)NC(=O)c1ccc(NC(=S)NC(=O)CCC2CCCCC2)cc1. The number of rotatable bonds is 7. The molecular weight excluding hydrogens is 358 g/mol. The van der Waals surface area contributed by atoms with Gasteiger partial charge in [0.2, 0.25) is 5.91 Å². The predicted octanol–water partition coefficient (Wildman–Crippen LogP) is 4.39. The third-order valence-corrected chi connectivity index (χ3v) is 5.36. The lowest BCUT2D eigenvalue weighted by Gasteiger charge is -2.21. The molecule has 0 spiro atoms. The van der Waals surface area contributed by atoms with E-state index in [1.807, 2.05) is 13.8 Å². The summed E-state index contributed by atoms with van der Waals surface area (Å²) in [5.74, 6) is 0.553. The monoisotopic (exact) mass is 389 g/mol. The van der Waals surface area contributed by atoms with Gasteiger partial charge >= 0.3 is 0 Å². The molecule has 2 rings (SSSR count). The molecule has 1 aliphatic carbocycles. The molecule has 1 aromatic carbocycles. The van der Waals surface area contributed by atoms with Crippen LogP contribution in [0.15, 0.2) is 24.3 Å². The van der Waals surface area contributed by atoms with E-state index in [0.29, 0.717) is 23.0 Å². The first-order valence-electron chi connectivity index (χ1n) is 9.99. The van der Waals surface area contributed by atoms with Crippen molar-refractivity contribution in [1.29, 1.82) is 0 Å². The maximum atomic E-state index is 12.1. The van der Waals surface area contributed by atoms with Crippen LogP contribution in [0.1, 0.15) is 75.6 Å². The van der Waals surface area contributed by atoms with Crippen molar-refractivity contribution < 1.29 is 9.59 Å². The maximum absolute atomic E-state index is 12.1. The topological polar surface area (TPSA) is 70.2 Å². The lowest BCUT2D eigenvalue weighted by molar-refractivity contribution is -0.120. The van der Waals surface area contributed by atoms with E-state index in [-0.39, 0.29) is 17.9 Å². The van der Waals surface area contributed by atoms with Gasteiger partial charge in [-0.15, -0.1) is 0 Å². The van der Waals surface area contributed by atoms with E-state index in [2.05, 4.69) is 16.0 Å². The van der Waals surface area contributed by atoms with Gasteiger partial charge in [0.15, 0.2) is 5.11 Å². The summed E-state index contributed by atoms with van der Waals surface area (Å²) >= 11 is 5.22. The zero-order chi connectivity index (χ0) is 19.6. The average Bonchev–Trinajstić information content (AvgIpc) is 2.67. The fraction of sp³-hybridized carbons (Fsp3) is 0.571. The Balaban J connectivity index is 1.74. The summed E-state index contributed by atoms with van der Waals surface area (Å²) in [6.45, 7) is 4.01. The van der Waals surface area contributed by atoms with Crippen LogP contribution in [0.5, 0.6) is 0 Å². The zero-order valence-corrected chi connectivity index (χ0v) is 17.2. The molecular formula is C21H31N3O2S. The number of nitrogens with one attached hydrogen (secondary N) is 3. The average molecular weight is 390 g/mol. The van der Waals surface area contributed by atoms with E-state index in [1.54, 1.807) is 24.3 Å². The van der Waals surface area contributed by atoms with Crippen molar-refractivity contribution in [1.82, 2.24) is 10.6 Å². The number of amides is 2. The van der Waals surface area contributed by atoms with Crippen molar-refractivity contribution in [2.24, 2.45) is 5.92 Å². The van der Waals surface area contributed by atoms with E-state index < -0.39 is 0 Å². The second-order valence-electron chi connectivity index (χ2n) is 7.41. The quantitative estimate of drug-likeness (QED) is 0.605. The summed E-state index contributed by atoms with van der Waals surface area (Å²) in [6.07, 6.45) is 8.74. The molecule has 27 heavy (non-hydrogen) atoms. The highest BCUT2D eigenvalue weighted by atomic mass is 32.1. The Morgan fingerprint density at radius 1 is 1.15 bits per heavy atom. The van der Waals surface area contributed by atoms with Crippen LogP contribution in [0, 0.1) is 5.92 Å². The first-order valence-corrected chi connectivity index (χ1v) is 10.4. The normalized spacial score (nSPS) is 15.6. The number of hydrogen-bond acceptors (Lipinski definition) is 3. The Hall–Kier alpha value is -1.95. The molecule has 0 heterocycles. The lowest BCUT2D eigenvalue weighted by Crippen LogP contribution is -2.34. The molecule has 1 aliphatic rings. The summed E-state index contributed by atoms with van der Waals surface area (Å²) < 4.78 is 0. The summed E-state index contributed by atoms with van der Waals surface area (Å²) in [5, 5.41) is 8.96. The Bertz CT molecular complexity index is 639. The molecule has 148 valence electrons. The van der Waals surface area contributed by atoms with Crippen LogP contribution in [0.3, 0.4) is 0 Å². The van der Waals surface area contributed by atoms with Crippen molar-refractivity contribution in [2.45, 2.75) is 71.3 Å². The van der Waals surface area contributed by atoms with Gasteiger partial charge in [-0.3, -0.25) is 9.59 Å². The molecule has 0 bridgehead atoms. The van der Waals surface area contributed by atoms with Gasteiger partial charge < -0.3 is 16.0 Å². The van der Waals surface area contributed by atoms with Gasteiger partial charge in [0, 0.05) is 23.7 Å². The van der Waals surface area contributed by atoms with Crippen LogP contribution in [0.25, 0.3) is 0 Å². The summed E-state index contributed by atoms with van der Waals surface area (Å²) in [4.78, 5) is 24.2. The van der Waals surface area contributed by atoms with Gasteiger partial charge in [-0.1, -0.05) is 39.0 Å². The van der Waals surface area contributed by atoms with E-state index in [4.69, 9.17) is 12.2 Å². The molecule has 3 N–H and O–H groups in total. The molecule has 1 atom stereocenters. The molecule has 5 nitrogen and oxygen atoms in total. The second kappa shape index (κ2) is 11.0. The van der Waals surface area contributed by atoms with Crippen LogP contribution in [-0.2, 0) is 4.79 Å². The summed E-state index contributed by atoms with van der Waals surface area (Å²) in [5.41, 5.74) is 1.34. The summed E-state index contributed by atoms with van der Waals surface area (Å²) in [6, 6.07) is 7.20. The van der Waals surface area contributed by atoms with Crippen LogP contribution < -0.4 is 16.0 Å². The minimum atomic E-state index is -0.0884. The van der Waals surface area contributed by atoms with Gasteiger partial charge in [0.25, 0.3) is 5.91 Å². The molecule has 1 saturated carbocycles. The number of carbonyl (C=O) groups is 2. The van der Waals surface area contributed by atoms with Crippen molar-refractivity contribution >= 4 is 34.8 Å². The van der Waals surface area contributed by atoms with E-state index >= 15 is 0 Å². The first kappa shape index (κ1) is 21.4. The highest BCUT2D eigenvalue weighted by Gasteiger charge is 2.15. The van der Waals surface area contributed by atoms with Crippen molar-refractivity contribution in [3.63, 3.8) is 0 Å². The minimum Gasteiger partial charge on any atom is -0.350 e. The molecule has 0 saturated heterocycles. The molecule has 1 unspecified atom stereocenters. The number of carbonyl (C=O) groups excluding carboxylic acids is 2. The van der Waals surface area contributed by atoms with Crippen molar-refractivity contribution in [2.75, 3.05) is 5.32 Å². The fourth-order valence-corrected chi connectivity index (χ4v) is 3.51. The smallest absolute Gasteiger partial charge is 0.251 e. The largest absolute Gasteiger partial charge is 0.350 e. The van der Waals surface area contributed by atoms with Crippen LogP contribution in [0.4, 0.5) is 5.69 Å². The molecule has 2 amide bonds. The number of benzene rings is 1. The third-order valence-electron chi connectivity index (χ3n) is 5.15. The fourth-order valence-electron chi connectivity index (χ4n) is 3.28. The molecule has 0 radical (unpaired) electrons. The lowest BCUT2D eigenvalue weighted by atomic mass is 9.86. The third kappa shape index (κ3) is 7.67.